The molecule has 1 fully saturated rings. The fraction of sp³-hybridized carbons (Fsp3) is 0.667. The van der Waals surface area contributed by atoms with E-state index in [2.05, 4.69) is 24.5 Å². The largest absolute Gasteiger partial charge is 0.459 e. The van der Waals surface area contributed by atoms with E-state index >= 15 is 0 Å². The number of hydrogen-bond donors (Lipinski definition) is 3. The van der Waals surface area contributed by atoms with Gasteiger partial charge in [0.05, 0.1) is 18.9 Å². The van der Waals surface area contributed by atoms with Crippen molar-refractivity contribution in [1.29, 1.82) is 0 Å². The number of rotatable bonds is 7. The first kappa shape index (κ1) is 16.0. The average molecular weight is 296 g/mol. The highest BCUT2D eigenvalue weighted by Gasteiger charge is 2.27. The quantitative estimate of drug-likeness (QED) is 0.702. The van der Waals surface area contributed by atoms with Crippen LogP contribution in [0.4, 0.5) is 0 Å². The lowest BCUT2D eigenvalue weighted by atomic mass is 10.0. The maximum absolute atomic E-state index is 12.1. The summed E-state index contributed by atoms with van der Waals surface area (Å²) in [5.41, 5.74) is 0. The molecule has 1 unspecified atom stereocenters. The first-order valence-corrected chi connectivity index (χ1v) is 7.43. The number of aliphatic hydroxyl groups is 1. The van der Waals surface area contributed by atoms with Gasteiger partial charge in [-0.3, -0.25) is 4.79 Å². The number of furan rings is 1. The van der Waals surface area contributed by atoms with Gasteiger partial charge in [-0.05, 0) is 30.9 Å². The van der Waals surface area contributed by atoms with Crippen molar-refractivity contribution < 1.29 is 19.1 Å². The Labute approximate surface area is 124 Å². The summed E-state index contributed by atoms with van der Waals surface area (Å²) in [5.74, 6) is 0.558. The molecule has 0 aliphatic carbocycles. The summed E-state index contributed by atoms with van der Waals surface area (Å²) in [5, 5.41) is 15.9. The molecule has 0 saturated carbocycles. The molecule has 1 saturated heterocycles. The Balaban J connectivity index is 1.86. The summed E-state index contributed by atoms with van der Waals surface area (Å²) >= 11 is 0. The van der Waals surface area contributed by atoms with E-state index < -0.39 is 6.29 Å². The molecular formula is C15H24N2O4. The Morgan fingerprint density at radius 3 is 2.90 bits per heavy atom. The minimum atomic E-state index is -0.759. The van der Waals surface area contributed by atoms with Crippen molar-refractivity contribution in [3.8, 4) is 0 Å². The summed E-state index contributed by atoms with van der Waals surface area (Å²) in [7, 11) is 0. The minimum Gasteiger partial charge on any atom is -0.459 e. The van der Waals surface area contributed by atoms with Crippen molar-refractivity contribution in [2.24, 2.45) is 5.92 Å². The lowest BCUT2D eigenvalue weighted by Gasteiger charge is -2.23. The van der Waals surface area contributed by atoms with E-state index in [1.807, 2.05) is 0 Å². The molecule has 2 rings (SSSR count). The molecule has 0 aromatic carbocycles. The summed E-state index contributed by atoms with van der Waals surface area (Å²) in [4.78, 5) is 12.1. The van der Waals surface area contributed by atoms with Crippen LogP contribution >= 0.6 is 0 Å². The predicted molar refractivity (Wildman–Crippen MR) is 77.8 cm³/mol. The maximum atomic E-state index is 12.1. The first-order valence-electron chi connectivity index (χ1n) is 7.43. The molecule has 2 heterocycles. The Bertz CT molecular complexity index is 433. The second kappa shape index (κ2) is 7.59. The number of carbonyl (C=O) groups is 1. The van der Waals surface area contributed by atoms with Crippen LogP contribution < -0.4 is 10.6 Å². The molecule has 1 aliphatic heterocycles. The predicted octanol–water partition coefficient (Wildman–Crippen LogP) is 1.12. The molecule has 118 valence electrons. The normalized spacial score (nSPS) is 23.4. The van der Waals surface area contributed by atoms with Crippen LogP contribution in [-0.2, 0) is 4.74 Å². The summed E-state index contributed by atoms with van der Waals surface area (Å²) < 4.78 is 10.2. The van der Waals surface area contributed by atoms with Crippen LogP contribution in [0.1, 0.15) is 37.2 Å². The Morgan fingerprint density at radius 1 is 1.52 bits per heavy atom. The van der Waals surface area contributed by atoms with Gasteiger partial charge >= 0.3 is 0 Å². The number of nitrogens with one attached hydrogen (secondary N) is 2. The van der Waals surface area contributed by atoms with Crippen molar-refractivity contribution in [2.45, 2.75) is 45.1 Å². The second-order valence-electron chi connectivity index (χ2n) is 5.84. The first-order chi connectivity index (χ1) is 10.1. The third-order valence-electron chi connectivity index (χ3n) is 3.52. The van der Waals surface area contributed by atoms with Crippen LogP contribution in [0.25, 0.3) is 0 Å². The van der Waals surface area contributed by atoms with Crippen molar-refractivity contribution in [2.75, 3.05) is 13.2 Å². The van der Waals surface area contributed by atoms with Crippen LogP contribution in [0.5, 0.6) is 0 Å². The van der Waals surface area contributed by atoms with E-state index in [0.717, 1.165) is 12.8 Å². The van der Waals surface area contributed by atoms with Gasteiger partial charge in [0.1, 0.15) is 0 Å². The molecular weight excluding hydrogens is 272 g/mol. The number of ether oxygens (including phenoxy) is 1. The molecule has 6 heteroatoms. The lowest BCUT2D eigenvalue weighted by Crippen LogP contribution is -2.47. The van der Waals surface area contributed by atoms with Gasteiger partial charge < -0.3 is 24.9 Å². The van der Waals surface area contributed by atoms with Gasteiger partial charge in [-0.15, -0.1) is 0 Å². The highest BCUT2D eigenvalue weighted by Crippen LogP contribution is 2.12. The van der Waals surface area contributed by atoms with Crippen LogP contribution in [0.15, 0.2) is 22.8 Å². The fourth-order valence-corrected chi connectivity index (χ4v) is 2.50. The SMILES string of the molecule is CC(C)C[C@H](CN[C@H]1CCOC1O)NC(=O)c1ccco1. The second-order valence-corrected chi connectivity index (χ2v) is 5.84. The van der Waals surface area contributed by atoms with E-state index in [1.54, 1.807) is 12.1 Å². The smallest absolute Gasteiger partial charge is 0.287 e. The van der Waals surface area contributed by atoms with Gasteiger partial charge in [0.15, 0.2) is 12.1 Å². The molecule has 1 aromatic heterocycles. The van der Waals surface area contributed by atoms with Crippen molar-refractivity contribution >= 4 is 5.91 Å². The highest BCUT2D eigenvalue weighted by molar-refractivity contribution is 5.91. The molecule has 0 bridgehead atoms. The molecule has 6 nitrogen and oxygen atoms in total. The van der Waals surface area contributed by atoms with Crippen LogP contribution in [0, 0.1) is 5.92 Å². The zero-order valence-electron chi connectivity index (χ0n) is 12.5. The molecule has 0 spiro atoms. The fourth-order valence-electron chi connectivity index (χ4n) is 2.50. The zero-order chi connectivity index (χ0) is 15.2. The summed E-state index contributed by atoms with van der Waals surface area (Å²) in [6.07, 6.45) is 2.35. The Hall–Kier alpha value is -1.37. The minimum absolute atomic E-state index is 0.0181. The zero-order valence-corrected chi connectivity index (χ0v) is 12.5. The number of hydrogen-bond acceptors (Lipinski definition) is 5. The third-order valence-corrected chi connectivity index (χ3v) is 3.52. The molecule has 0 radical (unpaired) electrons. The molecule has 1 aromatic rings. The van der Waals surface area contributed by atoms with Gasteiger partial charge in [0.2, 0.25) is 0 Å². The Morgan fingerprint density at radius 2 is 2.33 bits per heavy atom. The number of carbonyl (C=O) groups excluding carboxylic acids is 1. The maximum Gasteiger partial charge on any atom is 0.287 e. The van der Waals surface area contributed by atoms with Gasteiger partial charge in [-0.1, -0.05) is 13.8 Å². The number of amides is 1. The van der Waals surface area contributed by atoms with E-state index in [0.29, 0.717) is 24.8 Å². The van der Waals surface area contributed by atoms with Crippen LogP contribution in [-0.4, -0.2) is 42.5 Å². The van der Waals surface area contributed by atoms with Crippen molar-refractivity contribution in [3.05, 3.63) is 24.2 Å². The van der Waals surface area contributed by atoms with Gasteiger partial charge in [0, 0.05) is 12.6 Å². The summed E-state index contributed by atoms with van der Waals surface area (Å²) in [6, 6.07) is 3.25. The monoisotopic (exact) mass is 296 g/mol. The van der Waals surface area contributed by atoms with Gasteiger partial charge in [-0.25, -0.2) is 0 Å². The third kappa shape index (κ3) is 4.84. The molecule has 3 atom stereocenters. The van der Waals surface area contributed by atoms with Crippen LogP contribution in [0.2, 0.25) is 0 Å². The van der Waals surface area contributed by atoms with Crippen molar-refractivity contribution in [1.82, 2.24) is 10.6 Å². The van der Waals surface area contributed by atoms with Gasteiger partial charge in [0.25, 0.3) is 5.91 Å². The van der Waals surface area contributed by atoms with E-state index in [-0.39, 0.29) is 18.0 Å². The lowest BCUT2D eigenvalue weighted by molar-refractivity contribution is -0.0718. The van der Waals surface area contributed by atoms with Crippen LogP contribution in [0.3, 0.4) is 0 Å². The average Bonchev–Trinajstić information content (AvgIpc) is 3.06. The van der Waals surface area contributed by atoms with Crippen molar-refractivity contribution in [3.63, 3.8) is 0 Å². The summed E-state index contributed by atoms with van der Waals surface area (Å²) in [6.45, 7) is 5.38. The highest BCUT2D eigenvalue weighted by atomic mass is 16.6. The van der Waals surface area contributed by atoms with E-state index in [9.17, 15) is 9.90 Å². The van der Waals surface area contributed by atoms with E-state index in [4.69, 9.17) is 9.15 Å². The Kier molecular flexibility index (Phi) is 5.78. The molecule has 3 N–H and O–H groups in total. The van der Waals surface area contributed by atoms with E-state index in [1.165, 1.54) is 6.26 Å². The molecule has 21 heavy (non-hydrogen) atoms. The standard InChI is InChI=1S/C15H24N2O4/c1-10(2)8-11(9-16-12-5-7-21-15(12)19)17-14(18)13-4-3-6-20-13/h3-4,6,10-12,15-16,19H,5,7-9H2,1-2H3,(H,17,18)/t11-,12+,15?/m1/s1. The number of aliphatic hydroxyl groups excluding tert-OH is 1. The topological polar surface area (TPSA) is 83.7 Å². The molecule has 1 aliphatic rings. The van der Waals surface area contributed by atoms with Gasteiger partial charge in [-0.2, -0.15) is 0 Å². The molecule has 1 amide bonds.